The first-order valence-electron chi connectivity index (χ1n) is 10.9. The number of imide groups is 2. The maximum Gasteiger partial charge on any atom is 0.337 e. The largest absolute Gasteiger partial charge is 0.545 e. The molecule has 0 radical (unpaired) electrons. The molecule has 3 aromatic rings. The molecule has 0 spiro atoms. The summed E-state index contributed by atoms with van der Waals surface area (Å²) in [5, 5.41) is 13.0. The van der Waals surface area contributed by atoms with E-state index in [-0.39, 0.29) is 29.0 Å². The van der Waals surface area contributed by atoms with Gasteiger partial charge in [0.15, 0.2) is 0 Å². The van der Waals surface area contributed by atoms with Gasteiger partial charge in [-0.2, -0.15) is 0 Å². The summed E-state index contributed by atoms with van der Waals surface area (Å²) in [7, 11) is 1.24. The first-order valence-corrected chi connectivity index (χ1v) is 10.9. The molecular formula is C27H19N2O8-. The molecule has 10 heteroatoms. The number of carboxylic acids is 1. The number of carbonyl (C=O) groups is 5. The fourth-order valence-electron chi connectivity index (χ4n) is 3.49. The molecule has 1 N–H and O–H groups in total. The van der Waals surface area contributed by atoms with Gasteiger partial charge >= 0.3 is 12.0 Å². The van der Waals surface area contributed by atoms with Gasteiger partial charge in [0, 0.05) is 0 Å². The monoisotopic (exact) mass is 499 g/mol. The van der Waals surface area contributed by atoms with Gasteiger partial charge in [0.2, 0.25) is 0 Å². The van der Waals surface area contributed by atoms with Gasteiger partial charge in [0.05, 0.1) is 24.3 Å². The average Bonchev–Trinajstić information content (AvgIpc) is 2.90. The minimum absolute atomic E-state index is 0.0703. The number of methoxy groups -OCH3 is 1. The van der Waals surface area contributed by atoms with Crippen molar-refractivity contribution >= 4 is 41.5 Å². The van der Waals surface area contributed by atoms with Crippen molar-refractivity contribution in [3.63, 3.8) is 0 Å². The topological polar surface area (TPSA) is 142 Å². The summed E-state index contributed by atoms with van der Waals surface area (Å²) < 4.78 is 10.3. The van der Waals surface area contributed by atoms with Crippen molar-refractivity contribution in [3.8, 4) is 5.75 Å². The number of carbonyl (C=O) groups excluding carboxylic acids is 5. The number of esters is 1. The number of urea groups is 1. The van der Waals surface area contributed by atoms with Crippen LogP contribution in [0.2, 0.25) is 0 Å². The molecule has 0 atom stereocenters. The number of nitrogens with zero attached hydrogens (tertiary/aromatic N) is 1. The second-order valence-electron chi connectivity index (χ2n) is 7.84. The molecule has 0 unspecified atom stereocenters. The summed E-state index contributed by atoms with van der Waals surface area (Å²) in [5.74, 6) is -2.98. The summed E-state index contributed by atoms with van der Waals surface area (Å²) in [6.45, 7) is 0.195. The second-order valence-corrected chi connectivity index (χ2v) is 7.84. The molecule has 1 aliphatic heterocycles. The van der Waals surface area contributed by atoms with E-state index in [2.05, 4.69) is 10.1 Å². The zero-order chi connectivity index (χ0) is 26.5. The molecule has 0 bridgehead atoms. The first-order chi connectivity index (χ1) is 17.8. The Kier molecular flexibility index (Phi) is 7.10. The van der Waals surface area contributed by atoms with Crippen molar-refractivity contribution in [3.05, 3.63) is 101 Å². The normalized spacial score (nSPS) is 14.4. The first kappa shape index (κ1) is 24.9. The number of hydrogen-bond acceptors (Lipinski definition) is 8. The Labute approximate surface area is 210 Å². The third-order valence-electron chi connectivity index (χ3n) is 5.43. The van der Waals surface area contributed by atoms with Gasteiger partial charge in [0.1, 0.15) is 17.9 Å². The molecule has 3 aromatic carbocycles. The summed E-state index contributed by atoms with van der Waals surface area (Å²) >= 11 is 0. The lowest BCUT2D eigenvalue weighted by atomic mass is 10.1. The molecule has 1 heterocycles. The predicted octanol–water partition coefficient (Wildman–Crippen LogP) is 2.08. The molecule has 1 aliphatic rings. The zero-order valence-electron chi connectivity index (χ0n) is 19.4. The van der Waals surface area contributed by atoms with Crippen molar-refractivity contribution in [1.29, 1.82) is 0 Å². The lowest BCUT2D eigenvalue weighted by molar-refractivity contribution is -0.255. The Balaban J connectivity index is 1.47. The van der Waals surface area contributed by atoms with Crippen molar-refractivity contribution in [2.75, 3.05) is 12.0 Å². The number of benzene rings is 3. The van der Waals surface area contributed by atoms with Gasteiger partial charge in [-0.25, -0.2) is 14.5 Å². The molecule has 186 valence electrons. The van der Waals surface area contributed by atoms with E-state index in [0.29, 0.717) is 11.3 Å². The molecule has 10 nitrogen and oxygen atoms in total. The van der Waals surface area contributed by atoms with E-state index in [9.17, 15) is 29.1 Å². The van der Waals surface area contributed by atoms with E-state index in [4.69, 9.17) is 4.74 Å². The van der Waals surface area contributed by atoms with Gasteiger partial charge in [-0.3, -0.25) is 14.9 Å². The van der Waals surface area contributed by atoms with Crippen LogP contribution in [0.5, 0.6) is 5.75 Å². The highest BCUT2D eigenvalue weighted by Gasteiger charge is 2.36. The summed E-state index contributed by atoms with van der Waals surface area (Å²) in [6, 6.07) is 17.3. The number of ether oxygens (including phenoxy) is 2. The van der Waals surface area contributed by atoms with Crippen LogP contribution in [0, 0.1) is 0 Å². The van der Waals surface area contributed by atoms with Crippen molar-refractivity contribution < 1.29 is 38.6 Å². The van der Waals surface area contributed by atoms with E-state index in [0.717, 1.165) is 10.5 Å². The van der Waals surface area contributed by atoms with Gasteiger partial charge in [-0.1, -0.05) is 36.4 Å². The minimum atomic E-state index is -1.26. The maximum atomic E-state index is 13.0. The van der Waals surface area contributed by atoms with Crippen molar-refractivity contribution in [2.24, 2.45) is 0 Å². The van der Waals surface area contributed by atoms with E-state index in [1.807, 2.05) is 0 Å². The van der Waals surface area contributed by atoms with Gasteiger partial charge in [-0.15, -0.1) is 0 Å². The third-order valence-corrected chi connectivity index (χ3v) is 5.43. The van der Waals surface area contributed by atoms with Crippen LogP contribution in [-0.4, -0.2) is 36.9 Å². The predicted molar refractivity (Wildman–Crippen MR) is 128 cm³/mol. The maximum absolute atomic E-state index is 13.0. The Hall–Kier alpha value is -5.25. The molecule has 4 rings (SSSR count). The summed E-state index contributed by atoms with van der Waals surface area (Å²) in [5.41, 5.74) is 1.49. The molecule has 1 saturated heterocycles. The molecule has 0 saturated carbocycles. The Morgan fingerprint density at radius 1 is 0.892 bits per heavy atom. The van der Waals surface area contributed by atoms with Crippen LogP contribution >= 0.6 is 0 Å². The summed E-state index contributed by atoms with van der Waals surface area (Å²) in [4.78, 5) is 61.1. The van der Waals surface area contributed by atoms with E-state index < -0.39 is 29.8 Å². The Morgan fingerprint density at radius 3 is 2.11 bits per heavy atom. The lowest BCUT2D eigenvalue weighted by Gasteiger charge is -2.26. The van der Waals surface area contributed by atoms with Crippen LogP contribution < -0.4 is 20.1 Å². The number of amides is 4. The lowest BCUT2D eigenvalue weighted by Crippen LogP contribution is -2.54. The number of barbiturate groups is 1. The van der Waals surface area contributed by atoms with Crippen molar-refractivity contribution in [2.45, 2.75) is 6.61 Å². The molecule has 37 heavy (non-hydrogen) atoms. The highest BCUT2D eigenvalue weighted by molar-refractivity contribution is 6.39. The fourth-order valence-corrected chi connectivity index (χ4v) is 3.49. The van der Waals surface area contributed by atoms with E-state index in [1.165, 1.54) is 49.6 Å². The molecule has 4 amide bonds. The Morgan fingerprint density at radius 2 is 1.51 bits per heavy atom. The van der Waals surface area contributed by atoms with Crippen LogP contribution in [0.25, 0.3) is 6.08 Å². The molecule has 0 aliphatic carbocycles. The van der Waals surface area contributed by atoms with Gasteiger partial charge in [0.25, 0.3) is 11.8 Å². The highest BCUT2D eigenvalue weighted by atomic mass is 16.5. The van der Waals surface area contributed by atoms with Gasteiger partial charge in [-0.05, 0) is 59.2 Å². The second kappa shape index (κ2) is 10.6. The van der Waals surface area contributed by atoms with Crippen LogP contribution in [-0.2, 0) is 20.9 Å². The quantitative estimate of drug-likeness (QED) is 0.296. The molecular weight excluding hydrogens is 480 g/mol. The highest BCUT2D eigenvalue weighted by Crippen LogP contribution is 2.23. The zero-order valence-corrected chi connectivity index (χ0v) is 19.4. The van der Waals surface area contributed by atoms with Crippen LogP contribution in [0.3, 0.4) is 0 Å². The van der Waals surface area contributed by atoms with Crippen molar-refractivity contribution in [1.82, 2.24) is 5.32 Å². The third kappa shape index (κ3) is 5.54. The summed E-state index contributed by atoms with van der Waals surface area (Å²) in [6.07, 6.45) is 1.35. The minimum Gasteiger partial charge on any atom is -0.545 e. The number of aromatic carboxylic acids is 1. The van der Waals surface area contributed by atoms with E-state index >= 15 is 0 Å². The number of nitrogens with one attached hydrogen (secondary N) is 1. The molecule has 1 fully saturated rings. The number of hydrogen-bond donors (Lipinski definition) is 1. The van der Waals surface area contributed by atoms with Crippen LogP contribution in [0.1, 0.15) is 31.8 Å². The SMILES string of the molecule is COC(=O)c1ccc(N2C(=O)NC(=O)/C(=C\c3ccc(OCc4ccc(C(=O)[O-])cc4)cc3)C2=O)cc1. The number of rotatable bonds is 7. The molecule has 0 aromatic heterocycles. The smallest absolute Gasteiger partial charge is 0.337 e. The average molecular weight is 499 g/mol. The van der Waals surface area contributed by atoms with Crippen LogP contribution in [0.15, 0.2) is 78.4 Å². The standard InChI is InChI=1S/C27H20N2O8/c1-36-26(34)19-8-10-20(11-9-19)29-24(31)22(23(30)28-27(29)35)14-16-4-12-21(13-5-16)37-15-17-2-6-18(7-3-17)25(32)33/h2-14H,15H2,1H3,(H,32,33)(H,28,30,35)/p-1/b22-14+. The van der Waals surface area contributed by atoms with E-state index in [1.54, 1.807) is 36.4 Å². The van der Waals surface area contributed by atoms with Gasteiger partial charge < -0.3 is 19.4 Å². The number of anilines is 1. The fraction of sp³-hybridized carbons (Fsp3) is 0.0741. The Bertz CT molecular complexity index is 1410. The number of carboxylic acid groups (broad SMARTS) is 1. The van der Waals surface area contributed by atoms with Crippen LogP contribution in [0.4, 0.5) is 10.5 Å².